The molecular formula is C41H67IN2O4. The second-order valence-electron chi connectivity index (χ2n) is 17.6. The lowest BCUT2D eigenvalue weighted by Gasteiger charge is -2.63. The lowest BCUT2D eigenvalue weighted by molar-refractivity contribution is -0.207. The summed E-state index contributed by atoms with van der Waals surface area (Å²) >= 11 is 0. The molecule has 1 heterocycles. The Hall–Kier alpha value is -0.740. The number of aliphatic hydroxyl groups is 3. The summed E-state index contributed by atoms with van der Waals surface area (Å²) in [7, 11) is 0. The van der Waals surface area contributed by atoms with E-state index < -0.39 is 0 Å². The average molecular weight is 779 g/mol. The van der Waals surface area contributed by atoms with Crippen molar-refractivity contribution in [2.75, 3.05) is 19.6 Å². The minimum absolute atomic E-state index is 0. The van der Waals surface area contributed by atoms with Gasteiger partial charge in [0.05, 0.1) is 37.9 Å². The second-order valence-corrected chi connectivity index (χ2v) is 17.6. The highest BCUT2D eigenvalue weighted by atomic mass is 127. The maximum atomic E-state index is 13.3. The van der Waals surface area contributed by atoms with Gasteiger partial charge in [-0.1, -0.05) is 58.7 Å². The van der Waals surface area contributed by atoms with Gasteiger partial charge in [0.2, 0.25) is 5.91 Å². The fourth-order valence-corrected chi connectivity index (χ4v) is 12.4. The Balaban J connectivity index is 0.00000451. The van der Waals surface area contributed by atoms with Crippen LogP contribution in [0.4, 0.5) is 5.69 Å². The highest BCUT2D eigenvalue weighted by Gasteiger charge is 2.65. The Labute approximate surface area is 308 Å². The summed E-state index contributed by atoms with van der Waals surface area (Å²) in [5.41, 5.74) is 1.31. The van der Waals surface area contributed by atoms with Crippen molar-refractivity contribution in [3.63, 3.8) is 0 Å². The van der Waals surface area contributed by atoms with E-state index in [0.717, 1.165) is 81.8 Å². The zero-order valence-electron chi connectivity index (χ0n) is 30.5. The van der Waals surface area contributed by atoms with E-state index in [1.54, 1.807) is 0 Å². The van der Waals surface area contributed by atoms with Crippen LogP contribution in [-0.4, -0.2) is 65.2 Å². The molecular weight excluding hydrogens is 711 g/mol. The van der Waals surface area contributed by atoms with E-state index in [4.69, 9.17) is 0 Å². The molecule has 7 heteroatoms. The topological polar surface area (TPSA) is 89.8 Å². The van der Waals surface area contributed by atoms with Crippen LogP contribution in [0.15, 0.2) is 30.3 Å². The van der Waals surface area contributed by atoms with Crippen LogP contribution in [0.5, 0.6) is 0 Å². The van der Waals surface area contributed by atoms with Crippen LogP contribution < -0.4 is 33.8 Å². The molecule has 11 atom stereocenters. The molecule has 1 aromatic rings. The monoisotopic (exact) mass is 778 g/mol. The van der Waals surface area contributed by atoms with Gasteiger partial charge in [-0.05, 0) is 123 Å². The third kappa shape index (κ3) is 7.29. The fourth-order valence-electron chi connectivity index (χ4n) is 12.4. The molecule has 0 aromatic heterocycles. The summed E-state index contributed by atoms with van der Waals surface area (Å²) in [4.78, 5) is 13.3. The zero-order valence-corrected chi connectivity index (χ0v) is 32.6. The largest absolute Gasteiger partial charge is 1.00 e. The number of fused-ring (bicyclic) bond motifs is 5. The molecule has 1 amide bonds. The van der Waals surface area contributed by atoms with Gasteiger partial charge in [-0.25, -0.2) is 0 Å². The van der Waals surface area contributed by atoms with E-state index in [2.05, 4.69) is 63.3 Å². The number of aliphatic hydroxyl groups excluding tert-OH is 3. The van der Waals surface area contributed by atoms with Crippen LogP contribution in [0.25, 0.3) is 0 Å². The van der Waals surface area contributed by atoms with Gasteiger partial charge in [-0.2, -0.15) is 0 Å². The normalized spacial score (nSPS) is 42.9. The van der Waals surface area contributed by atoms with Gasteiger partial charge in [0.1, 0.15) is 5.69 Å². The number of unbranched alkanes of at least 4 members (excludes halogenated alkanes) is 3. The molecule has 0 bridgehead atoms. The van der Waals surface area contributed by atoms with Crippen LogP contribution in [-0.2, 0) is 4.79 Å². The van der Waals surface area contributed by atoms with Crippen molar-refractivity contribution in [1.29, 1.82) is 0 Å². The highest BCUT2D eigenvalue weighted by Crippen LogP contribution is 2.68. The molecule has 4 saturated carbocycles. The molecule has 4 N–H and O–H groups in total. The number of likely N-dealkylation sites (tertiary alicyclic amines) is 1. The van der Waals surface area contributed by atoms with Crippen LogP contribution >= 0.6 is 0 Å². The van der Waals surface area contributed by atoms with Crippen LogP contribution in [0.3, 0.4) is 0 Å². The van der Waals surface area contributed by atoms with Gasteiger partial charge in [0.15, 0.2) is 0 Å². The number of hydrogen-bond acceptors (Lipinski definition) is 4. The third-order valence-electron chi connectivity index (χ3n) is 15.3. The number of quaternary nitrogens is 1. The minimum atomic E-state index is -0.376. The smallest absolute Gasteiger partial charge is 0.220 e. The maximum absolute atomic E-state index is 13.3. The predicted octanol–water partition coefficient (Wildman–Crippen LogP) is 4.23. The minimum Gasteiger partial charge on any atom is -1.00 e. The van der Waals surface area contributed by atoms with Gasteiger partial charge in [0, 0.05) is 25.3 Å². The highest BCUT2D eigenvalue weighted by molar-refractivity contribution is 5.76. The molecule has 0 spiro atoms. The molecule has 6 nitrogen and oxygen atoms in total. The molecule has 1 saturated heterocycles. The first-order chi connectivity index (χ1) is 22.5. The number of nitrogens with one attached hydrogen (secondary N) is 1. The molecule has 48 heavy (non-hydrogen) atoms. The number of piperidine rings is 1. The van der Waals surface area contributed by atoms with Gasteiger partial charge in [0.25, 0.3) is 0 Å². The number of carbonyl (C=O) groups excluding carboxylic acids is 1. The van der Waals surface area contributed by atoms with Crippen molar-refractivity contribution < 1.29 is 44.1 Å². The average Bonchev–Trinajstić information content (AvgIpc) is 3.43. The standard InChI is InChI=1S/C41H66N2O4.HI/c1-5-6-7-11-22-43(31-12-9-8-10-13-31)23-19-30(20-24-43)42-38(47)17-14-28(2)33-15-16-34-39-35(27-37(46)41(33,34)4)40(3)21-18-32(44)25-29(40)26-36(39)45;/h8-10,12-13,28-30,32-37,39,44-46H,5-7,11,14-27H2,1-4H3;1H/t28-,29+,30?,32-,33-,34+,35+,36-,37+,39+,40+,41-,43?;/m1./s1. The number of benzene rings is 1. The Morgan fingerprint density at radius 3 is 2.38 bits per heavy atom. The van der Waals surface area contributed by atoms with Gasteiger partial charge in [-0.15, -0.1) is 0 Å². The summed E-state index contributed by atoms with van der Waals surface area (Å²) in [6, 6.07) is 11.3. The summed E-state index contributed by atoms with van der Waals surface area (Å²) in [6.45, 7) is 12.7. The van der Waals surface area contributed by atoms with Crippen molar-refractivity contribution in [2.45, 2.75) is 148 Å². The summed E-state index contributed by atoms with van der Waals surface area (Å²) in [5.74, 6) is 2.14. The Morgan fingerprint density at radius 2 is 1.67 bits per heavy atom. The lowest BCUT2D eigenvalue weighted by Crippen LogP contribution is -3.00. The Kier molecular flexibility index (Phi) is 12.7. The molecule has 6 rings (SSSR count). The van der Waals surface area contributed by atoms with E-state index in [9.17, 15) is 20.1 Å². The number of nitrogens with zero attached hydrogens (tertiary/aromatic N) is 1. The van der Waals surface area contributed by atoms with Crippen molar-refractivity contribution in [3.8, 4) is 0 Å². The molecule has 5 fully saturated rings. The number of para-hydroxylation sites is 1. The lowest BCUT2D eigenvalue weighted by atomic mass is 9.43. The first-order valence-corrected chi connectivity index (χ1v) is 19.8. The third-order valence-corrected chi connectivity index (χ3v) is 15.3. The molecule has 5 aliphatic rings. The molecule has 4 aliphatic carbocycles. The molecule has 272 valence electrons. The van der Waals surface area contributed by atoms with Crippen LogP contribution in [0, 0.1) is 46.3 Å². The number of carbonyl (C=O) groups is 1. The van der Waals surface area contributed by atoms with Gasteiger partial charge < -0.3 is 44.6 Å². The SMILES string of the molecule is CCCCCC[N+]1(c2ccccc2)CCC(NC(=O)CC[C@@H](C)[C@H]2CC[C@H]3[C@@H]4[C@H](O)C[C@@H]5C[C@H](O)CC[C@]5(C)[C@H]4C[C@H](O)[C@]23C)CC1.[I-]. The molecule has 1 aromatic carbocycles. The van der Waals surface area contributed by atoms with E-state index in [1.807, 2.05) is 0 Å². The number of halogens is 1. The molecule has 0 radical (unpaired) electrons. The number of hydrogen-bond donors (Lipinski definition) is 4. The maximum Gasteiger partial charge on any atom is 0.220 e. The van der Waals surface area contributed by atoms with E-state index in [-0.39, 0.29) is 71.0 Å². The Bertz CT molecular complexity index is 1190. The zero-order chi connectivity index (χ0) is 33.4. The summed E-state index contributed by atoms with van der Waals surface area (Å²) < 4.78 is 1.05. The van der Waals surface area contributed by atoms with Crippen molar-refractivity contribution in [3.05, 3.63) is 30.3 Å². The van der Waals surface area contributed by atoms with Gasteiger partial charge in [-0.3, -0.25) is 9.28 Å². The van der Waals surface area contributed by atoms with Crippen LogP contribution in [0.1, 0.15) is 124 Å². The first kappa shape index (κ1) is 38.5. The van der Waals surface area contributed by atoms with Crippen molar-refractivity contribution >= 4 is 11.6 Å². The van der Waals surface area contributed by atoms with Crippen molar-refractivity contribution in [1.82, 2.24) is 9.80 Å². The molecule has 0 unspecified atom stereocenters. The second kappa shape index (κ2) is 15.9. The van der Waals surface area contributed by atoms with E-state index >= 15 is 0 Å². The Morgan fingerprint density at radius 1 is 0.938 bits per heavy atom. The number of rotatable bonds is 11. The fraction of sp³-hybridized carbons (Fsp3) is 0.829. The predicted molar refractivity (Wildman–Crippen MR) is 191 cm³/mol. The first-order valence-electron chi connectivity index (χ1n) is 19.8. The summed E-state index contributed by atoms with van der Waals surface area (Å²) in [5, 5.41) is 37.4. The van der Waals surface area contributed by atoms with Crippen LogP contribution in [0.2, 0.25) is 0 Å². The van der Waals surface area contributed by atoms with E-state index in [1.165, 1.54) is 37.9 Å². The van der Waals surface area contributed by atoms with Gasteiger partial charge >= 0.3 is 0 Å². The number of amides is 1. The molecule has 1 aliphatic heterocycles. The van der Waals surface area contributed by atoms with Crippen molar-refractivity contribution in [2.24, 2.45) is 46.3 Å². The quantitative estimate of drug-likeness (QED) is 0.154. The van der Waals surface area contributed by atoms with E-state index in [0.29, 0.717) is 36.0 Å². The summed E-state index contributed by atoms with van der Waals surface area (Å²) in [6.07, 6.45) is 14.0.